The van der Waals surface area contributed by atoms with Crippen molar-refractivity contribution >= 4 is 39.4 Å². The first-order valence-electron chi connectivity index (χ1n) is 9.96. The number of rotatable bonds is 6. The molecule has 2 aromatic heterocycles. The first-order chi connectivity index (χ1) is 14.9. The summed E-state index contributed by atoms with van der Waals surface area (Å²) in [6.45, 7) is 4.45. The number of ether oxygens (including phenoxy) is 1. The summed E-state index contributed by atoms with van der Waals surface area (Å²) in [6.07, 6.45) is 0.739. The van der Waals surface area contributed by atoms with Crippen molar-refractivity contribution in [2.24, 2.45) is 0 Å². The standard InChI is InChI=1S/C23H22ClN3O4/c1-4-9-27(12-20-25-18-10-14(24)5-7-16(18)22(28)26-20)23(29)21-13(2)17-11-15(30-3)6-8-19(17)31-21/h5-8,10-11H,4,9,12H2,1-3H3,(H,25,26,28). The van der Waals surface area contributed by atoms with E-state index in [9.17, 15) is 9.59 Å². The van der Waals surface area contributed by atoms with Gasteiger partial charge < -0.3 is 19.0 Å². The molecule has 2 aromatic carbocycles. The van der Waals surface area contributed by atoms with Gasteiger partial charge in [-0.05, 0) is 49.7 Å². The number of amides is 1. The SMILES string of the molecule is CCCN(Cc1nc2cc(Cl)ccc2c(=O)[nH]1)C(=O)c1oc2ccc(OC)cc2c1C. The molecule has 0 atom stereocenters. The molecular formula is C23H22ClN3O4. The molecule has 0 fully saturated rings. The summed E-state index contributed by atoms with van der Waals surface area (Å²) in [5.74, 6) is 1.08. The predicted molar refractivity (Wildman–Crippen MR) is 120 cm³/mol. The van der Waals surface area contributed by atoms with E-state index in [0.717, 1.165) is 17.4 Å². The van der Waals surface area contributed by atoms with Gasteiger partial charge in [-0.1, -0.05) is 18.5 Å². The summed E-state index contributed by atoms with van der Waals surface area (Å²) >= 11 is 6.05. The summed E-state index contributed by atoms with van der Waals surface area (Å²) in [7, 11) is 1.59. The van der Waals surface area contributed by atoms with Gasteiger partial charge in [0.1, 0.15) is 17.2 Å². The second kappa shape index (κ2) is 8.43. The molecule has 2 heterocycles. The Labute approximate surface area is 183 Å². The molecule has 0 spiro atoms. The maximum atomic E-state index is 13.3. The zero-order chi connectivity index (χ0) is 22.1. The topological polar surface area (TPSA) is 88.4 Å². The third kappa shape index (κ3) is 4.01. The molecule has 0 radical (unpaired) electrons. The molecule has 0 aliphatic carbocycles. The van der Waals surface area contributed by atoms with Crippen LogP contribution in [0.5, 0.6) is 5.75 Å². The van der Waals surface area contributed by atoms with Crippen LogP contribution in [-0.2, 0) is 6.54 Å². The number of aromatic nitrogens is 2. The van der Waals surface area contributed by atoms with Gasteiger partial charge in [-0.2, -0.15) is 0 Å². The fourth-order valence-corrected chi connectivity index (χ4v) is 3.78. The van der Waals surface area contributed by atoms with Crippen molar-refractivity contribution in [2.75, 3.05) is 13.7 Å². The first-order valence-corrected chi connectivity index (χ1v) is 10.3. The number of furan rings is 1. The molecule has 0 unspecified atom stereocenters. The van der Waals surface area contributed by atoms with Crippen molar-refractivity contribution in [3.63, 3.8) is 0 Å². The number of carbonyl (C=O) groups excluding carboxylic acids is 1. The van der Waals surface area contributed by atoms with E-state index in [1.54, 1.807) is 42.3 Å². The van der Waals surface area contributed by atoms with E-state index in [1.165, 1.54) is 0 Å². The molecule has 4 rings (SSSR count). The normalized spacial score (nSPS) is 11.2. The van der Waals surface area contributed by atoms with E-state index in [-0.39, 0.29) is 23.8 Å². The Kier molecular flexibility index (Phi) is 5.69. The maximum absolute atomic E-state index is 13.3. The zero-order valence-electron chi connectivity index (χ0n) is 17.5. The molecule has 1 amide bonds. The van der Waals surface area contributed by atoms with E-state index >= 15 is 0 Å². The fourth-order valence-electron chi connectivity index (χ4n) is 3.61. The Morgan fingerprint density at radius 2 is 2.03 bits per heavy atom. The Bertz CT molecular complexity index is 1340. The lowest BCUT2D eigenvalue weighted by atomic mass is 10.1. The van der Waals surface area contributed by atoms with Gasteiger partial charge in [0, 0.05) is 22.5 Å². The average molecular weight is 440 g/mol. The Morgan fingerprint density at radius 3 is 2.77 bits per heavy atom. The monoisotopic (exact) mass is 439 g/mol. The molecule has 0 aliphatic heterocycles. The summed E-state index contributed by atoms with van der Waals surface area (Å²) in [6, 6.07) is 10.3. The molecule has 0 saturated carbocycles. The minimum atomic E-state index is -0.271. The fraction of sp³-hybridized carbons (Fsp3) is 0.261. The predicted octanol–water partition coefficient (Wildman–Crippen LogP) is 4.69. The number of nitrogens with one attached hydrogen (secondary N) is 1. The van der Waals surface area contributed by atoms with Crippen LogP contribution in [0.15, 0.2) is 45.6 Å². The maximum Gasteiger partial charge on any atom is 0.290 e. The highest BCUT2D eigenvalue weighted by Crippen LogP contribution is 2.29. The summed E-state index contributed by atoms with van der Waals surface area (Å²) < 4.78 is 11.2. The number of H-pyrrole nitrogens is 1. The number of methoxy groups -OCH3 is 1. The minimum absolute atomic E-state index is 0.143. The summed E-state index contributed by atoms with van der Waals surface area (Å²) in [4.78, 5) is 34.7. The van der Waals surface area contributed by atoms with E-state index in [1.807, 2.05) is 19.9 Å². The number of carbonyl (C=O) groups is 1. The summed E-state index contributed by atoms with van der Waals surface area (Å²) in [5, 5.41) is 1.76. The Balaban J connectivity index is 1.70. The quantitative estimate of drug-likeness (QED) is 0.470. The lowest BCUT2D eigenvalue weighted by Crippen LogP contribution is -2.33. The van der Waals surface area contributed by atoms with Crippen molar-refractivity contribution in [3.8, 4) is 5.75 Å². The van der Waals surface area contributed by atoms with Gasteiger partial charge in [-0.25, -0.2) is 4.98 Å². The van der Waals surface area contributed by atoms with E-state index in [2.05, 4.69) is 9.97 Å². The molecule has 8 heteroatoms. The van der Waals surface area contributed by atoms with Gasteiger partial charge in [0.2, 0.25) is 0 Å². The van der Waals surface area contributed by atoms with Crippen molar-refractivity contribution in [2.45, 2.75) is 26.8 Å². The molecule has 160 valence electrons. The Morgan fingerprint density at radius 1 is 1.23 bits per heavy atom. The minimum Gasteiger partial charge on any atom is -0.497 e. The second-order valence-electron chi connectivity index (χ2n) is 7.32. The molecule has 4 aromatic rings. The molecule has 7 nitrogen and oxygen atoms in total. The van der Waals surface area contributed by atoms with Gasteiger partial charge in [-0.3, -0.25) is 9.59 Å². The third-order valence-corrected chi connectivity index (χ3v) is 5.41. The van der Waals surface area contributed by atoms with Gasteiger partial charge in [0.05, 0.1) is 24.6 Å². The van der Waals surface area contributed by atoms with Gasteiger partial charge in [0.25, 0.3) is 11.5 Å². The number of fused-ring (bicyclic) bond motifs is 2. The van der Waals surface area contributed by atoms with Crippen LogP contribution in [0.1, 0.15) is 35.3 Å². The lowest BCUT2D eigenvalue weighted by molar-refractivity contribution is 0.0708. The van der Waals surface area contributed by atoms with Crippen molar-refractivity contribution in [3.05, 3.63) is 68.9 Å². The van der Waals surface area contributed by atoms with Crippen LogP contribution < -0.4 is 10.3 Å². The lowest BCUT2D eigenvalue weighted by Gasteiger charge is -2.21. The van der Waals surface area contributed by atoms with Crippen molar-refractivity contribution < 1.29 is 13.9 Å². The second-order valence-corrected chi connectivity index (χ2v) is 7.76. The van der Waals surface area contributed by atoms with Gasteiger partial charge in [-0.15, -0.1) is 0 Å². The number of aromatic amines is 1. The number of hydrogen-bond acceptors (Lipinski definition) is 5. The van der Waals surface area contributed by atoms with Crippen molar-refractivity contribution in [1.29, 1.82) is 0 Å². The highest BCUT2D eigenvalue weighted by atomic mass is 35.5. The van der Waals surface area contributed by atoms with Crippen LogP contribution in [-0.4, -0.2) is 34.4 Å². The van der Waals surface area contributed by atoms with Crippen LogP contribution in [0.2, 0.25) is 5.02 Å². The summed E-state index contributed by atoms with van der Waals surface area (Å²) in [5.41, 5.74) is 1.58. The van der Waals surface area contributed by atoms with Crippen LogP contribution in [0, 0.1) is 6.92 Å². The Hall–Kier alpha value is -3.32. The zero-order valence-corrected chi connectivity index (χ0v) is 18.2. The molecule has 0 aliphatic rings. The van der Waals surface area contributed by atoms with E-state index < -0.39 is 0 Å². The van der Waals surface area contributed by atoms with Crippen LogP contribution >= 0.6 is 11.6 Å². The van der Waals surface area contributed by atoms with Gasteiger partial charge >= 0.3 is 0 Å². The van der Waals surface area contributed by atoms with Gasteiger partial charge in [0.15, 0.2) is 5.76 Å². The molecule has 31 heavy (non-hydrogen) atoms. The largest absolute Gasteiger partial charge is 0.497 e. The number of hydrogen-bond donors (Lipinski definition) is 1. The van der Waals surface area contributed by atoms with Crippen LogP contribution in [0.3, 0.4) is 0 Å². The van der Waals surface area contributed by atoms with Crippen LogP contribution in [0.25, 0.3) is 21.9 Å². The van der Waals surface area contributed by atoms with E-state index in [0.29, 0.717) is 39.6 Å². The smallest absolute Gasteiger partial charge is 0.290 e. The number of aryl methyl sites for hydroxylation is 1. The highest BCUT2D eigenvalue weighted by Gasteiger charge is 2.24. The number of nitrogens with zero attached hydrogens (tertiary/aromatic N) is 2. The molecule has 0 saturated heterocycles. The highest BCUT2D eigenvalue weighted by molar-refractivity contribution is 6.31. The molecule has 0 bridgehead atoms. The molecule has 1 N–H and O–H groups in total. The number of halogens is 1. The third-order valence-electron chi connectivity index (χ3n) is 5.18. The number of benzene rings is 2. The first kappa shape index (κ1) is 20.9. The average Bonchev–Trinajstić information content (AvgIpc) is 3.08. The van der Waals surface area contributed by atoms with Crippen molar-refractivity contribution in [1.82, 2.24) is 14.9 Å². The molecular weight excluding hydrogens is 418 g/mol. The van der Waals surface area contributed by atoms with Crippen LogP contribution in [0.4, 0.5) is 0 Å². The van der Waals surface area contributed by atoms with E-state index in [4.69, 9.17) is 20.8 Å².